The van der Waals surface area contributed by atoms with Crippen molar-refractivity contribution in [3.05, 3.63) is 29.3 Å². The molecule has 1 unspecified atom stereocenters. The van der Waals surface area contributed by atoms with Crippen molar-refractivity contribution in [1.82, 2.24) is 0 Å². The largest absolute Gasteiger partial charge is 0.494 e. The average molecular weight is 247 g/mol. The van der Waals surface area contributed by atoms with E-state index in [1.165, 1.54) is 36.8 Å². The van der Waals surface area contributed by atoms with E-state index in [0.29, 0.717) is 0 Å². The first-order valence-electron chi connectivity index (χ1n) is 7.32. The van der Waals surface area contributed by atoms with Gasteiger partial charge in [0, 0.05) is 6.04 Å². The smallest absolute Gasteiger partial charge is 0.119 e. The molecule has 0 bridgehead atoms. The zero-order valence-corrected chi connectivity index (χ0v) is 11.5. The van der Waals surface area contributed by atoms with Crippen molar-refractivity contribution in [2.75, 3.05) is 6.61 Å². The Kier molecular flexibility index (Phi) is 5.06. The van der Waals surface area contributed by atoms with Crippen molar-refractivity contribution in [1.29, 1.82) is 0 Å². The van der Waals surface area contributed by atoms with Crippen LogP contribution in [0.3, 0.4) is 0 Å². The maximum Gasteiger partial charge on any atom is 0.119 e. The first kappa shape index (κ1) is 13.4. The van der Waals surface area contributed by atoms with Gasteiger partial charge in [0.1, 0.15) is 5.75 Å². The molecule has 0 saturated carbocycles. The molecule has 100 valence electrons. The number of fused-ring (bicyclic) bond motifs is 1. The summed E-state index contributed by atoms with van der Waals surface area (Å²) in [6.07, 6.45) is 8.48. The van der Waals surface area contributed by atoms with Crippen molar-refractivity contribution >= 4 is 0 Å². The van der Waals surface area contributed by atoms with E-state index in [2.05, 4.69) is 25.1 Å². The summed E-state index contributed by atoms with van der Waals surface area (Å²) in [5.74, 6) is 1.01. The average Bonchev–Trinajstić information content (AvgIpc) is 2.39. The number of ether oxygens (including phenoxy) is 1. The lowest BCUT2D eigenvalue weighted by Gasteiger charge is -2.22. The summed E-state index contributed by atoms with van der Waals surface area (Å²) >= 11 is 0. The second-order valence-electron chi connectivity index (χ2n) is 5.27. The van der Waals surface area contributed by atoms with Gasteiger partial charge in [-0.05, 0) is 48.9 Å². The third kappa shape index (κ3) is 3.49. The standard InChI is InChI=1S/C16H25NO/c1-2-3-4-5-11-18-14-9-10-15-13(12-14)7-6-8-16(15)17/h9-10,12,16H,2-8,11,17H2,1H3. The first-order valence-corrected chi connectivity index (χ1v) is 7.32. The Hall–Kier alpha value is -1.02. The molecule has 18 heavy (non-hydrogen) atoms. The lowest BCUT2D eigenvalue weighted by atomic mass is 9.88. The molecule has 0 heterocycles. The van der Waals surface area contributed by atoms with E-state index >= 15 is 0 Å². The number of unbranched alkanes of at least 4 members (excludes halogenated alkanes) is 3. The van der Waals surface area contributed by atoms with E-state index in [-0.39, 0.29) is 6.04 Å². The molecule has 0 spiro atoms. The molecule has 0 aromatic heterocycles. The molecular formula is C16H25NO. The minimum Gasteiger partial charge on any atom is -0.494 e. The van der Waals surface area contributed by atoms with Gasteiger partial charge in [0.05, 0.1) is 6.61 Å². The van der Waals surface area contributed by atoms with Crippen LogP contribution in [0.25, 0.3) is 0 Å². The number of nitrogens with two attached hydrogens (primary N) is 1. The highest BCUT2D eigenvalue weighted by Gasteiger charge is 2.16. The molecule has 1 aromatic rings. The second kappa shape index (κ2) is 6.79. The fourth-order valence-electron chi connectivity index (χ4n) is 2.64. The van der Waals surface area contributed by atoms with Crippen LogP contribution in [0, 0.1) is 0 Å². The normalized spacial score (nSPS) is 18.4. The van der Waals surface area contributed by atoms with Crippen LogP contribution in [0.15, 0.2) is 18.2 Å². The molecule has 2 heteroatoms. The van der Waals surface area contributed by atoms with Crippen LogP contribution in [0.4, 0.5) is 0 Å². The number of hydrogen-bond acceptors (Lipinski definition) is 2. The highest BCUT2D eigenvalue weighted by Crippen LogP contribution is 2.30. The van der Waals surface area contributed by atoms with Gasteiger partial charge in [0.25, 0.3) is 0 Å². The van der Waals surface area contributed by atoms with Crippen LogP contribution < -0.4 is 10.5 Å². The number of rotatable bonds is 6. The van der Waals surface area contributed by atoms with E-state index in [9.17, 15) is 0 Å². The molecule has 2 N–H and O–H groups in total. The third-order valence-electron chi connectivity index (χ3n) is 3.74. The Morgan fingerprint density at radius 1 is 1.28 bits per heavy atom. The fourth-order valence-corrected chi connectivity index (χ4v) is 2.64. The summed E-state index contributed by atoms with van der Waals surface area (Å²) in [4.78, 5) is 0. The van der Waals surface area contributed by atoms with Gasteiger partial charge in [-0.1, -0.05) is 32.3 Å². The van der Waals surface area contributed by atoms with Crippen molar-refractivity contribution in [2.24, 2.45) is 5.73 Å². The van der Waals surface area contributed by atoms with Gasteiger partial charge in [-0.15, -0.1) is 0 Å². The molecule has 1 atom stereocenters. The van der Waals surface area contributed by atoms with E-state index in [1.54, 1.807) is 0 Å². The predicted octanol–water partition coefficient (Wildman–Crippen LogP) is 3.98. The molecule has 1 aliphatic rings. The van der Waals surface area contributed by atoms with Crippen LogP contribution in [0.2, 0.25) is 0 Å². The van der Waals surface area contributed by atoms with Crippen molar-refractivity contribution in [3.63, 3.8) is 0 Å². The maximum absolute atomic E-state index is 6.11. The molecule has 1 aromatic carbocycles. The summed E-state index contributed by atoms with van der Waals surface area (Å²) in [6.45, 7) is 3.07. The van der Waals surface area contributed by atoms with Gasteiger partial charge in [0.15, 0.2) is 0 Å². The number of aryl methyl sites for hydroxylation is 1. The van der Waals surface area contributed by atoms with E-state index in [0.717, 1.165) is 31.6 Å². The Morgan fingerprint density at radius 3 is 3.00 bits per heavy atom. The molecule has 0 aliphatic heterocycles. The van der Waals surface area contributed by atoms with Crippen molar-refractivity contribution in [2.45, 2.75) is 57.9 Å². The summed E-state index contributed by atoms with van der Waals surface area (Å²) in [5.41, 5.74) is 8.82. The summed E-state index contributed by atoms with van der Waals surface area (Å²) in [6, 6.07) is 6.64. The molecule has 0 saturated heterocycles. The second-order valence-corrected chi connectivity index (χ2v) is 5.27. The zero-order valence-electron chi connectivity index (χ0n) is 11.5. The Bertz CT molecular complexity index is 375. The summed E-state index contributed by atoms with van der Waals surface area (Å²) in [7, 11) is 0. The highest BCUT2D eigenvalue weighted by atomic mass is 16.5. The van der Waals surface area contributed by atoms with E-state index in [4.69, 9.17) is 10.5 Å². The third-order valence-corrected chi connectivity index (χ3v) is 3.74. The SMILES string of the molecule is CCCCCCOc1ccc2c(c1)CCCC2N. The summed E-state index contributed by atoms with van der Waals surface area (Å²) in [5, 5.41) is 0. The van der Waals surface area contributed by atoms with Crippen LogP contribution >= 0.6 is 0 Å². The minimum atomic E-state index is 0.229. The first-order chi connectivity index (χ1) is 8.81. The van der Waals surface area contributed by atoms with E-state index < -0.39 is 0 Å². The quantitative estimate of drug-likeness (QED) is 0.772. The molecule has 0 fully saturated rings. The molecule has 0 amide bonds. The monoisotopic (exact) mass is 247 g/mol. The number of benzene rings is 1. The molecule has 2 rings (SSSR count). The minimum absolute atomic E-state index is 0.229. The van der Waals surface area contributed by atoms with Gasteiger partial charge >= 0.3 is 0 Å². The van der Waals surface area contributed by atoms with Gasteiger partial charge < -0.3 is 10.5 Å². The highest BCUT2D eigenvalue weighted by molar-refractivity contribution is 5.38. The number of hydrogen-bond donors (Lipinski definition) is 1. The van der Waals surface area contributed by atoms with Crippen LogP contribution in [0.5, 0.6) is 5.75 Å². The zero-order chi connectivity index (χ0) is 12.8. The molecule has 1 aliphatic carbocycles. The maximum atomic E-state index is 6.11. The van der Waals surface area contributed by atoms with Crippen LogP contribution in [-0.2, 0) is 6.42 Å². The van der Waals surface area contributed by atoms with Crippen molar-refractivity contribution in [3.8, 4) is 5.75 Å². The molecule has 2 nitrogen and oxygen atoms in total. The van der Waals surface area contributed by atoms with Crippen LogP contribution in [0.1, 0.15) is 62.6 Å². The Balaban J connectivity index is 1.87. The lowest BCUT2D eigenvalue weighted by molar-refractivity contribution is 0.304. The van der Waals surface area contributed by atoms with E-state index in [1.807, 2.05) is 0 Å². The molecule has 0 radical (unpaired) electrons. The fraction of sp³-hybridized carbons (Fsp3) is 0.625. The Morgan fingerprint density at radius 2 is 2.17 bits per heavy atom. The predicted molar refractivity (Wildman–Crippen MR) is 75.9 cm³/mol. The lowest BCUT2D eigenvalue weighted by Crippen LogP contribution is -2.17. The Labute approximate surface area is 111 Å². The van der Waals surface area contributed by atoms with Gasteiger partial charge in [0.2, 0.25) is 0 Å². The van der Waals surface area contributed by atoms with Gasteiger partial charge in [-0.3, -0.25) is 0 Å². The van der Waals surface area contributed by atoms with Gasteiger partial charge in [-0.2, -0.15) is 0 Å². The topological polar surface area (TPSA) is 35.2 Å². The van der Waals surface area contributed by atoms with Crippen molar-refractivity contribution < 1.29 is 4.74 Å². The summed E-state index contributed by atoms with van der Waals surface area (Å²) < 4.78 is 5.81. The van der Waals surface area contributed by atoms with Crippen LogP contribution in [-0.4, -0.2) is 6.61 Å². The van der Waals surface area contributed by atoms with Gasteiger partial charge in [-0.25, -0.2) is 0 Å². The molecular weight excluding hydrogens is 222 g/mol.